The van der Waals surface area contributed by atoms with Crippen molar-refractivity contribution < 1.29 is 0 Å². The van der Waals surface area contributed by atoms with Crippen LogP contribution in [0, 0.1) is 5.41 Å². The number of anilines is 1. The fourth-order valence-corrected chi connectivity index (χ4v) is 1.38. The topological polar surface area (TPSA) is 50.4 Å². The molecule has 0 heterocycles. The minimum Gasteiger partial charge on any atom is -0.370 e. The SMILES string of the molecule is CC(C)(C)CN=C(N)Nc1ccc(Cl)c(Cl)c1. The third-order valence-electron chi connectivity index (χ3n) is 1.92. The van der Waals surface area contributed by atoms with Crippen LogP contribution in [-0.2, 0) is 0 Å². The zero-order chi connectivity index (χ0) is 13.1. The number of nitrogens with two attached hydrogens (primary N) is 1. The van der Waals surface area contributed by atoms with Crippen molar-refractivity contribution in [3.8, 4) is 0 Å². The number of halogens is 2. The summed E-state index contributed by atoms with van der Waals surface area (Å²) in [6.07, 6.45) is 0. The van der Waals surface area contributed by atoms with Gasteiger partial charge >= 0.3 is 0 Å². The molecule has 1 aromatic carbocycles. The molecule has 1 aromatic rings. The van der Waals surface area contributed by atoms with Gasteiger partial charge in [0, 0.05) is 12.2 Å². The second-order valence-electron chi connectivity index (χ2n) is 5.02. The fraction of sp³-hybridized carbons (Fsp3) is 0.417. The molecule has 94 valence electrons. The standard InChI is InChI=1S/C12H17Cl2N3/c1-12(2,3)7-16-11(15)17-8-4-5-9(13)10(14)6-8/h4-6H,7H2,1-3H3,(H3,15,16,17). The minimum atomic E-state index is 0.115. The molecule has 3 nitrogen and oxygen atoms in total. The summed E-state index contributed by atoms with van der Waals surface area (Å²) in [4.78, 5) is 4.25. The second kappa shape index (κ2) is 5.61. The van der Waals surface area contributed by atoms with Gasteiger partial charge in [-0.05, 0) is 23.6 Å². The van der Waals surface area contributed by atoms with Crippen molar-refractivity contribution in [2.24, 2.45) is 16.1 Å². The normalized spacial score (nSPS) is 12.6. The van der Waals surface area contributed by atoms with Gasteiger partial charge in [0.2, 0.25) is 0 Å². The third kappa shape index (κ3) is 5.29. The Morgan fingerprint density at radius 1 is 1.29 bits per heavy atom. The van der Waals surface area contributed by atoms with Crippen molar-refractivity contribution in [1.29, 1.82) is 0 Å². The van der Waals surface area contributed by atoms with E-state index >= 15 is 0 Å². The zero-order valence-corrected chi connectivity index (χ0v) is 11.7. The van der Waals surface area contributed by atoms with Crippen molar-refractivity contribution >= 4 is 34.8 Å². The molecule has 0 saturated heterocycles. The van der Waals surface area contributed by atoms with E-state index < -0.39 is 0 Å². The number of guanidine groups is 1. The Hall–Kier alpha value is -0.930. The van der Waals surface area contributed by atoms with Crippen LogP contribution in [0.25, 0.3) is 0 Å². The maximum Gasteiger partial charge on any atom is 0.193 e. The lowest BCUT2D eigenvalue weighted by Crippen LogP contribution is -2.24. The van der Waals surface area contributed by atoms with Crippen LogP contribution in [0.15, 0.2) is 23.2 Å². The van der Waals surface area contributed by atoms with E-state index in [0.29, 0.717) is 22.5 Å². The van der Waals surface area contributed by atoms with Crippen molar-refractivity contribution in [1.82, 2.24) is 0 Å². The van der Waals surface area contributed by atoms with E-state index in [1.165, 1.54) is 0 Å². The lowest BCUT2D eigenvalue weighted by atomic mass is 9.97. The summed E-state index contributed by atoms with van der Waals surface area (Å²) in [7, 11) is 0. The lowest BCUT2D eigenvalue weighted by Gasteiger charge is -2.15. The molecule has 0 saturated carbocycles. The van der Waals surface area contributed by atoms with Gasteiger partial charge in [0.25, 0.3) is 0 Å². The van der Waals surface area contributed by atoms with E-state index in [-0.39, 0.29) is 5.41 Å². The second-order valence-corrected chi connectivity index (χ2v) is 5.83. The van der Waals surface area contributed by atoms with Crippen LogP contribution in [0.4, 0.5) is 5.69 Å². The third-order valence-corrected chi connectivity index (χ3v) is 2.65. The molecule has 0 fully saturated rings. The fourth-order valence-electron chi connectivity index (χ4n) is 1.08. The molecule has 0 aliphatic heterocycles. The summed E-state index contributed by atoms with van der Waals surface area (Å²) in [5, 5.41) is 3.97. The smallest absolute Gasteiger partial charge is 0.193 e. The molecule has 17 heavy (non-hydrogen) atoms. The average Bonchev–Trinajstić information content (AvgIpc) is 2.20. The molecule has 0 aromatic heterocycles. The molecule has 0 unspecified atom stereocenters. The number of rotatable bonds is 2. The first-order valence-electron chi connectivity index (χ1n) is 5.30. The van der Waals surface area contributed by atoms with Gasteiger partial charge < -0.3 is 11.1 Å². The van der Waals surface area contributed by atoms with E-state index in [4.69, 9.17) is 28.9 Å². The first kappa shape index (κ1) is 14.1. The highest BCUT2D eigenvalue weighted by Gasteiger charge is 2.09. The van der Waals surface area contributed by atoms with Gasteiger partial charge in [0.05, 0.1) is 10.0 Å². The molecule has 0 aliphatic carbocycles. The van der Waals surface area contributed by atoms with Crippen molar-refractivity contribution in [3.05, 3.63) is 28.2 Å². The van der Waals surface area contributed by atoms with Gasteiger partial charge in [-0.3, -0.25) is 4.99 Å². The highest BCUT2D eigenvalue weighted by molar-refractivity contribution is 6.42. The van der Waals surface area contributed by atoms with Gasteiger partial charge in [-0.2, -0.15) is 0 Å². The predicted molar refractivity (Wildman–Crippen MR) is 76.0 cm³/mol. The number of nitrogens with one attached hydrogen (secondary N) is 1. The van der Waals surface area contributed by atoms with Crippen LogP contribution >= 0.6 is 23.2 Å². The summed E-state index contributed by atoms with van der Waals surface area (Å²) in [6.45, 7) is 6.96. The summed E-state index contributed by atoms with van der Waals surface area (Å²) in [6, 6.07) is 5.22. The summed E-state index contributed by atoms with van der Waals surface area (Å²) in [5.74, 6) is 0.373. The Labute approximate surface area is 112 Å². The highest BCUT2D eigenvalue weighted by Crippen LogP contribution is 2.24. The summed E-state index contributed by atoms with van der Waals surface area (Å²) >= 11 is 11.7. The van der Waals surface area contributed by atoms with E-state index in [9.17, 15) is 0 Å². The summed E-state index contributed by atoms with van der Waals surface area (Å²) in [5.41, 5.74) is 6.65. The number of nitrogens with zero attached hydrogens (tertiary/aromatic N) is 1. The van der Waals surface area contributed by atoms with E-state index in [1.807, 2.05) is 0 Å². The van der Waals surface area contributed by atoms with Crippen LogP contribution in [0.5, 0.6) is 0 Å². The molecule has 0 bridgehead atoms. The van der Waals surface area contributed by atoms with Crippen LogP contribution in [0.3, 0.4) is 0 Å². The number of aliphatic imine (C=N–C) groups is 1. The van der Waals surface area contributed by atoms with Crippen molar-refractivity contribution in [2.45, 2.75) is 20.8 Å². The average molecular weight is 274 g/mol. The van der Waals surface area contributed by atoms with Crippen molar-refractivity contribution in [2.75, 3.05) is 11.9 Å². The first-order valence-corrected chi connectivity index (χ1v) is 6.05. The molecule has 0 aliphatic rings. The number of hydrogen-bond acceptors (Lipinski definition) is 1. The molecule has 0 spiro atoms. The Bertz CT molecular complexity index is 422. The molecule has 0 radical (unpaired) electrons. The van der Waals surface area contributed by atoms with Gasteiger partial charge in [0.15, 0.2) is 5.96 Å². The monoisotopic (exact) mass is 273 g/mol. The van der Waals surface area contributed by atoms with Crippen LogP contribution < -0.4 is 11.1 Å². The largest absolute Gasteiger partial charge is 0.370 e. The predicted octanol–water partition coefficient (Wildman–Crippen LogP) is 3.77. The number of benzene rings is 1. The molecule has 0 atom stereocenters. The molecular weight excluding hydrogens is 257 g/mol. The quantitative estimate of drug-likeness (QED) is 0.637. The number of hydrogen-bond donors (Lipinski definition) is 2. The van der Waals surface area contributed by atoms with Gasteiger partial charge in [0.1, 0.15) is 0 Å². The minimum absolute atomic E-state index is 0.115. The van der Waals surface area contributed by atoms with Gasteiger partial charge in [-0.25, -0.2) is 0 Å². The van der Waals surface area contributed by atoms with E-state index in [0.717, 1.165) is 5.69 Å². The molecular formula is C12H17Cl2N3. The van der Waals surface area contributed by atoms with E-state index in [1.54, 1.807) is 18.2 Å². The Kier molecular flexibility index (Phi) is 4.66. The lowest BCUT2D eigenvalue weighted by molar-refractivity contribution is 0.429. The Morgan fingerprint density at radius 2 is 1.94 bits per heavy atom. The van der Waals surface area contributed by atoms with Crippen LogP contribution in [0.2, 0.25) is 10.0 Å². The van der Waals surface area contributed by atoms with Gasteiger partial charge in [-0.15, -0.1) is 0 Å². The van der Waals surface area contributed by atoms with E-state index in [2.05, 4.69) is 31.1 Å². The Balaban J connectivity index is 2.68. The molecule has 3 N–H and O–H groups in total. The zero-order valence-electron chi connectivity index (χ0n) is 10.2. The molecule has 1 rings (SSSR count). The maximum atomic E-state index is 5.89. The molecule has 0 amide bonds. The first-order chi connectivity index (χ1) is 7.78. The van der Waals surface area contributed by atoms with Crippen LogP contribution in [-0.4, -0.2) is 12.5 Å². The van der Waals surface area contributed by atoms with Gasteiger partial charge in [-0.1, -0.05) is 44.0 Å². The maximum absolute atomic E-state index is 5.89. The molecule has 5 heteroatoms. The van der Waals surface area contributed by atoms with Crippen LogP contribution in [0.1, 0.15) is 20.8 Å². The highest BCUT2D eigenvalue weighted by atomic mass is 35.5. The Morgan fingerprint density at radius 3 is 2.47 bits per heavy atom. The van der Waals surface area contributed by atoms with Crippen molar-refractivity contribution in [3.63, 3.8) is 0 Å². The summed E-state index contributed by atoms with van der Waals surface area (Å²) < 4.78 is 0.